The average Bonchev–Trinajstić information content (AvgIpc) is 1.72. The Kier molecular flexibility index (Phi) is 0.566. The normalized spacial score (nSPS) is 22.0. The van der Waals surface area contributed by atoms with Gasteiger partial charge in [-0.3, -0.25) is 0 Å². The zero-order chi connectivity index (χ0) is 5.40. The minimum Gasteiger partial charge on any atom is -0.383 e. The Morgan fingerprint density at radius 2 is 2.62 bits per heavy atom. The molecule has 42 valence electrons. The zero-order valence-electron chi connectivity index (χ0n) is 4.27. The number of rotatable bonds is 0. The second kappa shape index (κ2) is 1.18. The first-order chi connectivity index (χ1) is 3.97. The van der Waals surface area contributed by atoms with Crippen LogP contribution in [0.5, 0.6) is 0 Å². The van der Waals surface area contributed by atoms with Gasteiger partial charge in [-0.15, -0.1) is 0 Å². The van der Waals surface area contributed by atoms with Gasteiger partial charge in [-0.2, -0.15) is 0 Å². The van der Waals surface area contributed by atoms with Crippen LogP contribution in [0.4, 0.5) is 0 Å². The molecular weight excluding hydrogens is 104 g/mol. The van der Waals surface area contributed by atoms with Gasteiger partial charge in [-0.1, -0.05) is 0 Å². The van der Waals surface area contributed by atoms with Crippen LogP contribution in [0.25, 0.3) is 0 Å². The summed E-state index contributed by atoms with van der Waals surface area (Å²) >= 11 is 0. The van der Waals surface area contributed by atoms with Gasteiger partial charge in [0, 0.05) is 6.20 Å². The molecule has 0 fully saturated rings. The van der Waals surface area contributed by atoms with Crippen molar-refractivity contribution in [3.05, 3.63) is 23.7 Å². The van der Waals surface area contributed by atoms with Crippen LogP contribution in [0, 0.1) is 0 Å². The Balaban J connectivity index is 2.31. The smallest absolute Gasteiger partial charge is 0.174 e. The minimum atomic E-state index is 0.854. The lowest BCUT2D eigenvalue weighted by molar-refractivity contribution is 0.116. The van der Waals surface area contributed by atoms with Crippen LogP contribution >= 0.6 is 0 Å². The maximum absolute atomic E-state index is 4.96. The molecule has 0 atom stereocenters. The lowest BCUT2D eigenvalue weighted by Gasteiger charge is -2.25. The van der Waals surface area contributed by atoms with Crippen LogP contribution in [-0.4, -0.2) is 6.54 Å². The average molecular weight is 110 g/mol. The topological polar surface area (TPSA) is 33.3 Å². The molecule has 2 N–H and O–H groups in total. The Bertz CT molecular complexity index is 171. The largest absolute Gasteiger partial charge is 0.383 e. The van der Waals surface area contributed by atoms with Crippen molar-refractivity contribution in [3.8, 4) is 0 Å². The molecule has 2 aliphatic rings. The second-order valence-electron chi connectivity index (χ2n) is 1.74. The summed E-state index contributed by atoms with van der Waals surface area (Å²) < 4.78 is 0. The molecule has 0 unspecified atom stereocenters. The Labute approximate surface area is 47.0 Å². The molecule has 0 bridgehead atoms. The van der Waals surface area contributed by atoms with Gasteiger partial charge in [0.2, 0.25) is 0 Å². The fourth-order valence-electron chi connectivity index (χ4n) is 0.728. The van der Waals surface area contributed by atoms with E-state index >= 15 is 0 Å². The first kappa shape index (κ1) is 3.83. The van der Waals surface area contributed by atoms with E-state index in [1.165, 1.54) is 0 Å². The first-order valence-corrected chi connectivity index (χ1v) is 2.53. The van der Waals surface area contributed by atoms with Crippen molar-refractivity contribution in [3.63, 3.8) is 0 Å². The van der Waals surface area contributed by atoms with Crippen LogP contribution in [0.3, 0.4) is 0 Å². The molecule has 0 aromatic rings. The van der Waals surface area contributed by atoms with Crippen molar-refractivity contribution in [1.82, 2.24) is 10.8 Å². The van der Waals surface area contributed by atoms with E-state index in [0.717, 1.165) is 18.0 Å². The van der Waals surface area contributed by atoms with Crippen molar-refractivity contribution in [2.75, 3.05) is 6.54 Å². The highest BCUT2D eigenvalue weighted by atomic mass is 16.6. The van der Waals surface area contributed by atoms with Gasteiger partial charge in [-0.05, 0) is 6.08 Å². The number of hydrogen-bond donors (Lipinski definition) is 2. The van der Waals surface area contributed by atoms with Crippen LogP contribution in [-0.2, 0) is 4.84 Å². The molecule has 2 aliphatic heterocycles. The monoisotopic (exact) mass is 110 g/mol. The first-order valence-electron chi connectivity index (χ1n) is 2.53. The lowest BCUT2D eigenvalue weighted by Crippen LogP contribution is -2.35. The molecule has 0 saturated heterocycles. The molecule has 3 nitrogen and oxygen atoms in total. The number of hydroxylamine groups is 1. The molecule has 2 heterocycles. The Hall–Kier alpha value is -1.12. The second-order valence-corrected chi connectivity index (χ2v) is 1.74. The maximum Gasteiger partial charge on any atom is 0.174 e. The van der Waals surface area contributed by atoms with E-state index < -0.39 is 0 Å². The number of nitrogens with one attached hydrogen (secondary N) is 2. The molecule has 8 heavy (non-hydrogen) atoms. The van der Waals surface area contributed by atoms with Gasteiger partial charge >= 0.3 is 0 Å². The summed E-state index contributed by atoms with van der Waals surface area (Å²) in [5.74, 6) is 1.01. The molecule has 0 spiro atoms. The summed E-state index contributed by atoms with van der Waals surface area (Å²) in [6.07, 6.45) is 3.70. The Morgan fingerprint density at radius 3 is 3.00 bits per heavy atom. The van der Waals surface area contributed by atoms with Gasteiger partial charge in [0.05, 0.1) is 12.2 Å². The third-order valence-corrected chi connectivity index (χ3v) is 1.24. The summed E-state index contributed by atoms with van der Waals surface area (Å²) in [7, 11) is 0. The predicted molar refractivity (Wildman–Crippen MR) is 28.4 cm³/mol. The third-order valence-electron chi connectivity index (χ3n) is 1.24. The molecule has 0 radical (unpaired) electrons. The van der Waals surface area contributed by atoms with E-state index in [9.17, 15) is 0 Å². The molecule has 2 rings (SSSR count). The fraction of sp³-hybridized carbons (Fsp3) is 0.200. The molecule has 0 amide bonds. The molecule has 0 saturated carbocycles. The molecule has 0 aromatic heterocycles. The van der Waals surface area contributed by atoms with Crippen LogP contribution in [0.1, 0.15) is 0 Å². The lowest BCUT2D eigenvalue weighted by atomic mass is 10.2. The van der Waals surface area contributed by atoms with E-state index in [1.807, 2.05) is 6.08 Å². The van der Waals surface area contributed by atoms with Crippen molar-refractivity contribution in [2.45, 2.75) is 0 Å². The van der Waals surface area contributed by atoms with Crippen LogP contribution < -0.4 is 10.8 Å². The summed E-state index contributed by atoms with van der Waals surface area (Å²) in [6, 6.07) is 0. The van der Waals surface area contributed by atoms with Crippen molar-refractivity contribution < 1.29 is 4.84 Å². The van der Waals surface area contributed by atoms with E-state index in [-0.39, 0.29) is 0 Å². The van der Waals surface area contributed by atoms with Crippen molar-refractivity contribution in [1.29, 1.82) is 0 Å². The SMILES string of the molecule is C1=CC2=C(CN2)ON1. The summed E-state index contributed by atoms with van der Waals surface area (Å²) in [4.78, 5) is 4.96. The summed E-state index contributed by atoms with van der Waals surface area (Å²) in [6.45, 7) is 0.854. The Morgan fingerprint density at radius 1 is 1.62 bits per heavy atom. The van der Waals surface area contributed by atoms with Gasteiger partial charge in [0.25, 0.3) is 0 Å². The minimum absolute atomic E-state index is 0.854. The van der Waals surface area contributed by atoms with Gasteiger partial charge in [0.15, 0.2) is 5.76 Å². The fourth-order valence-corrected chi connectivity index (χ4v) is 0.728. The van der Waals surface area contributed by atoms with Gasteiger partial charge in [0.1, 0.15) is 0 Å². The number of allylic oxidation sites excluding steroid dienone is 1. The molecule has 3 heteroatoms. The highest BCUT2D eigenvalue weighted by molar-refractivity contribution is 5.30. The van der Waals surface area contributed by atoms with Gasteiger partial charge < -0.3 is 10.2 Å². The van der Waals surface area contributed by atoms with E-state index in [1.54, 1.807) is 6.20 Å². The molecule has 0 aliphatic carbocycles. The molecular formula is C5H6N2O. The summed E-state index contributed by atoms with van der Waals surface area (Å²) in [5.41, 5.74) is 3.74. The highest BCUT2D eigenvalue weighted by Gasteiger charge is 2.17. The maximum atomic E-state index is 4.96. The number of hydrogen-bond acceptors (Lipinski definition) is 3. The summed E-state index contributed by atoms with van der Waals surface area (Å²) in [5, 5.41) is 3.08. The van der Waals surface area contributed by atoms with Crippen molar-refractivity contribution in [2.24, 2.45) is 0 Å². The van der Waals surface area contributed by atoms with Crippen LogP contribution in [0.15, 0.2) is 23.7 Å². The quantitative estimate of drug-likeness (QED) is 0.455. The van der Waals surface area contributed by atoms with Gasteiger partial charge in [-0.25, -0.2) is 5.48 Å². The third kappa shape index (κ3) is 0.332. The standard InChI is InChI=1S/C5H6N2O/c1-2-7-8-5-3-6-4(1)5/h1-2,6-7H,3H2. The van der Waals surface area contributed by atoms with E-state index in [0.29, 0.717) is 0 Å². The van der Waals surface area contributed by atoms with Crippen LogP contribution in [0.2, 0.25) is 0 Å². The predicted octanol–water partition coefficient (Wildman–Crippen LogP) is -0.150. The molecule has 0 aromatic carbocycles. The zero-order valence-corrected chi connectivity index (χ0v) is 4.27. The van der Waals surface area contributed by atoms with E-state index in [4.69, 9.17) is 4.84 Å². The van der Waals surface area contributed by atoms with E-state index in [2.05, 4.69) is 10.8 Å². The highest BCUT2D eigenvalue weighted by Crippen LogP contribution is 2.14. The van der Waals surface area contributed by atoms with Crippen molar-refractivity contribution >= 4 is 0 Å².